The second kappa shape index (κ2) is 7.15. The van der Waals surface area contributed by atoms with Crippen molar-refractivity contribution in [3.05, 3.63) is 53.6 Å². The predicted octanol–water partition coefficient (Wildman–Crippen LogP) is 1.76. The Labute approximate surface area is 150 Å². The van der Waals surface area contributed by atoms with Crippen molar-refractivity contribution in [1.29, 1.82) is 5.26 Å². The van der Waals surface area contributed by atoms with Crippen molar-refractivity contribution < 1.29 is 19.4 Å². The van der Waals surface area contributed by atoms with E-state index in [4.69, 9.17) is 4.74 Å². The molecule has 0 spiro atoms. The van der Waals surface area contributed by atoms with Crippen molar-refractivity contribution in [3.63, 3.8) is 0 Å². The van der Waals surface area contributed by atoms with E-state index >= 15 is 0 Å². The van der Waals surface area contributed by atoms with Gasteiger partial charge in [-0.25, -0.2) is 0 Å². The minimum atomic E-state index is -0.424. The lowest BCUT2D eigenvalue weighted by molar-refractivity contribution is -0.120. The first-order valence-corrected chi connectivity index (χ1v) is 8.01. The van der Waals surface area contributed by atoms with Gasteiger partial charge in [0.1, 0.15) is 24.1 Å². The number of nitriles is 1. The van der Waals surface area contributed by atoms with Gasteiger partial charge in [0, 0.05) is 19.2 Å². The molecule has 0 atom stereocenters. The molecule has 0 unspecified atom stereocenters. The third-order valence-electron chi connectivity index (χ3n) is 4.26. The Bertz CT molecular complexity index is 904. The van der Waals surface area contributed by atoms with Crippen LogP contribution in [0.25, 0.3) is 0 Å². The van der Waals surface area contributed by atoms with Crippen LogP contribution < -0.4 is 9.64 Å². The van der Waals surface area contributed by atoms with Gasteiger partial charge in [0.25, 0.3) is 5.91 Å². The van der Waals surface area contributed by atoms with E-state index in [0.717, 1.165) is 0 Å². The number of aromatic hydroxyl groups is 1. The van der Waals surface area contributed by atoms with Crippen LogP contribution in [0, 0.1) is 11.3 Å². The lowest BCUT2D eigenvalue weighted by Gasteiger charge is -2.34. The van der Waals surface area contributed by atoms with E-state index in [1.807, 2.05) is 0 Å². The topological polar surface area (TPSA) is 93.9 Å². The summed E-state index contributed by atoms with van der Waals surface area (Å²) in [5, 5.41) is 19.2. The molecule has 1 N–H and O–H groups in total. The van der Waals surface area contributed by atoms with Gasteiger partial charge in [-0.3, -0.25) is 9.59 Å². The maximum absolute atomic E-state index is 12.6. The SMILES string of the molecule is COc1ccc(C(=O)N2CCN(c3ccccc3C#N)C(=O)C2)c(O)c1. The van der Waals surface area contributed by atoms with Crippen molar-refractivity contribution in [2.75, 3.05) is 31.6 Å². The van der Waals surface area contributed by atoms with Crippen molar-refractivity contribution in [1.82, 2.24) is 4.90 Å². The summed E-state index contributed by atoms with van der Waals surface area (Å²) in [5.41, 5.74) is 1.07. The van der Waals surface area contributed by atoms with Crippen LogP contribution in [-0.2, 0) is 4.79 Å². The summed E-state index contributed by atoms with van der Waals surface area (Å²) in [4.78, 5) is 28.1. The predicted molar refractivity (Wildman–Crippen MR) is 94.1 cm³/mol. The normalized spacial score (nSPS) is 14.1. The highest BCUT2D eigenvalue weighted by molar-refractivity contribution is 6.03. The first-order chi connectivity index (χ1) is 12.5. The standard InChI is InChI=1S/C19H17N3O4/c1-26-14-6-7-15(17(23)10-14)19(25)21-8-9-22(18(24)12-21)16-5-3-2-4-13(16)11-20/h2-7,10,23H,8-9,12H2,1H3. The fraction of sp³-hybridized carbons (Fsp3) is 0.211. The zero-order valence-electron chi connectivity index (χ0n) is 14.2. The fourth-order valence-electron chi connectivity index (χ4n) is 2.89. The second-order valence-electron chi connectivity index (χ2n) is 5.78. The molecule has 7 nitrogen and oxygen atoms in total. The van der Waals surface area contributed by atoms with Gasteiger partial charge in [0.15, 0.2) is 0 Å². The number of phenolic OH excluding ortho intramolecular Hbond substituents is 1. The number of para-hydroxylation sites is 1. The number of carbonyl (C=O) groups excluding carboxylic acids is 2. The van der Waals surface area contributed by atoms with Gasteiger partial charge < -0.3 is 19.6 Å². The summed E-state index contributed by atoms with van der Waals surface area (Å²) >= 11 is 0. The van der Waals surface area contributed by atoms with Gasteiger partial charge in [-0.05, 0) is 24.3 Å². The molecule has 7 heteroatoms. The van der Waals surface area contributed by atoms with Crippen LogP contribution >= 0.6 is 0 Å². The van der Waals surface area contributed by atoms with E-state index < -0.39 is 5.91 Å². The summed E-state index contributed by atoms with van der Waals surface area (Å²) in [5.74, 6) is -0.459. The number of phenols is 1. The van der Waals surface area contributed by atoms with E-state index in [0.29, 0.717) is 23.5 Å². The maximum Gasteiger partial charge on any atom is 0.258 e. The Morgan fingerprint density at radius 1 is 1.23 bits per heavy atom. The number of hydrogen-bond acceptors (Lipinski definition) is 5. The third kappa shape index (κ3) is 3.17. The molecule has 2 amide bonds. The lowest BCUT2D eigenvalue weighted by Crippen LogP contribution is -2.52. The highest BCUT2D eigenvalue weighted by atomic mass is 16.5. The van der Waals surface area contributed by atoms with Crippen molar-refractivity contribution in [2.24, 2.45) is 0 Å². The average molecular weight is 351 g/mol. The summed E-state index contributed by atoms with van der Waals surface area (Å²) in [7, 11) is 1.47. The largest absolute Gasteiger partial charge is 0.507 e. The van der Waals surface area contributed by atoms with Crippen LogP contribution in [0.1, 0.15) is 15.9 Å². The van der Waals surface area contributed by atoms with Crippen LogP contribution in [0.2, 0.25) is 0 Å². The number of ether oxygens (including phenoxy) is 1. The molecule has 1 fully saturated rings. The maximum atomic E-state index is 12.6. The molecule has 2 aromatic rings. The van der Waals surface area contributed by atoms with Gasteiger partial charge in [0.05, 0.1) is 23.9 Å². The van der Waals surface area contributed by atoms with Crippen molar-refractivity contribution in [3.8, 4) is 17.6 Å². The Morgan fingerprint density at radius 3 is 2.65 bits per heavy atom. The number of benzene rings is 2. The molecule has 3 rings (SSSR count). The molecular weight excluding hydrogens is 334 g/mol. The third-order valence-corrected chi connectivity index (χ3v) is 4.26. The minimum absolute atomic E-state index is 0.115. The molecule has 26 heavy (non-hydrogen) atoms. The molecule has 0 aliphatic carbocycles. The fourth-order valence-corrected chi connectivity index (χ4v) is 2.89. The molecule has 132 valence electrons. The van der Waals surface area contributed by atoms with Gasteiger partial charge >= 0.3 is 0 Å². The summed E-state index contributed by atoms with van der Waals surface area (Å²) in [6.45, 7) is 0.458. The number of carbonyl (C=O) groups is 2. The quantitative estimate of drug-likeness (QED) is 0.909. The van der Waals surface area contributed by atoms with Crippen molar-refractivity contribution >= 4 is 17.5 Å². The van der Waals surface area contributed by atoms with Gasteiger partial charge in [-0.1, -0.05) is 12.1 Å². The zero-order valence-corrected chi connectivity index (χ0v) is 14.2. The molecule has 0 aromatic heterocycles. The number of nitrogens with zero attached hydrogens (tertiary/aromatic N) is 3. The van der Waals surface area contributed by atoms with E-state index in [1.165, 1.54) is 29.0 Å². The van der Waals surface area contributed by atoms with Gasteiger partial charge in [-0.2, -0.15) is 5.26 Å². The Kier molecular flexibility index (Phi) is 4.76. The van der Waals surface area contributed by atoms with E-state index in [9.17, 15) is 20.0 Å². The Morgan fingerprint density at radius 2 is 2.00 bits per heavy atom. The smallest absolute Gasteiger partial charge is 0.258 e. The molecule has 1 aliphatic heterocycles. The van der Waals surface area contributed by atoms with Crippen molar-refractivity contribution in [2.45, 2.75) is 0 Å². The molecule has 2 aromatic carbocycles. The number of amides is 2. The van der Waals surface area contributed by atoms with Gasteiger partial charge in [0.2, 0.25) is 5.91 Å². The Balaban J connectivity index is 1.78. The van der Waals surface area contributed by atoms with Crippen LogP contribution in [-0.4, -0.2) is 48.6 Å². The molecule has 1 saturated heterocycles. The summed E-state index contributed by atoms with van der Waals surface area (Å²) in [6, 6.07) is 13.3. The minimum Gasteiger partial charge on any atom is -0.507 e. The van der Waals surface area contributed by atoms with E-state index in [-0.39, 0.29) is 30.3 Å². The monoisotopic (exact) mass is 351 g/mol. The van der Waals surface area contributed by atoms with Crippen LogP contribution in [0.15, 0.2) is 42.5 Å². The highest BCUT2D eigenvalue weighted by Gasteiger charge is 2.30. The molecular formula is C19H17N3O4. The highest BCUT2D eigenvalue weighted by Crippen LogP contribution is 2.26. The first-order valence-electron chi connectivity index (χ1n) is 8.01. The second-order valence-corrected chi connectivity index (χ2v) is 5.78. The van der Waals surface area contributed by atoms with Crippen LogP contribution in [0.3, 0.4) is 0 Å². The summed E-state index contributed by atoms with van der Waals surface area (Å²) in [6.07, 6.45) is 0. The number of piperazine rings is 1. The zero-order chi connectivity index (χ0) is 18.7. The molecule has 0 saturated carbocycles. The van der Waals surface area contributed by atoms with Gasteiger partial charge in [-0.15, -0.1) is 0 Å². The summed E-state index contributed by atoms with van der Waals surface area (Å²) < 4.78 is 5.01. The molecule has 0 bridgehead atoms. The number of anilines is 1. The molecule has 0 radical (unpaired) electrons. The molecule has 1 aliphatic rings. The number of rotatable bonds is 3. The van der Waals surface area contributed by atoms with Crippen LogP contribution in [0.4, 0.5) is 5.69 Å². The number of hydrogen-bond donors (Lipinski definition) is 1. The molecule has 1 heterocycles. The lowest BCUT2D eigenvalue weighted by atomic mass is 10.1. The Hall–Kier alpha value is -3.53. The average Bonchev–Trinajstić information content (AvgIpc) is 2.67. The number of methoxy groups -OCH3 is 1. The van der Waals surface area contributed by atoms with E-state index in [1.54, 1.807) is 30.3 Å². The first kappa shape index (κ1) is 17.3. The van der Waals surface area contributed by atoms with Crippen LogP contribution in [0.5, 0.6) is 11.5 Å². The van der Waals surface area contributed by atoms with E-state index in [2.05, 4.69) is 6.07 Å².